The van der Waals surface area contributed by atoms with Crippen molar-refractivity contribution in [3.8, 4) is 0 Å². The van der Waals surface area contributed by atoms with Crippen LogP contribution in [0.1, 0.15) is 34.9 Å². The Hall–Kier alpha value is -1.36. The zero-order valence-electron chi connectivity index (χ0n) is 10.1. The second kappa shape index (κ2) is 4.14. The standard InChI is InChI=1S/C12H18N4O/c1-16-11(9-2-3-9)4-10(15-16)12(17)14-7-8-5-13-6-8/h4,8-9,13H,2-3,5-7H2,1H3,(H,14,17). The molecule has 0 bridgehead atoms. The van der Waals surface area contributed by atoms with E-state index in [0.29, 0.717) is 17.5 Å². The van der Waals surface area contributed by atoms with Crippen molar-refractivity contribution in [1.82, 2.24) is 20.4 Å². The molecule has 2 fully saturated rings. The molecule has 92 valence electrons. The second-order valence-electron chi connectivity index (χ2n) is 5.09. The van der Waals surface area contributed by atoms with Crippen molar-refractivity contribution in [3.05, 3.63) is 17.5 Å². The number of rotatable bonds is 4. The number of carbonyl (C=O) groups excluding carboxylic acids is 1. The van der Waals surface area contributed by atoms with Crippen LogP contribution in [0.3, 0.4) is 0 Å². The Morgan fingerprint density at radius 1 is 1.59 bits per heavy atom. The highest BCUT2D eigenvalue weighted by Gasteiger charge is 2.28. The molecule has 0 unspecified atom stereocenters. The maximum atomic E-state index is 11.9. The number of carbonyl (C=O) groups is 1. The highest BCUT2D eigenvalue weighted by atomic mass is 16.1. The van der Waals surface area contributed by atoms with Gasteiger partial charge in [0.2, 0.25) is 0 Å². The second-order valence-corrected chi connectivity index (χ2v) is 5.09. The summed E-state index contributed by atoms with van der Waals surface area (Å²) in [5, 5.41) is 10.4. The average Bonchev–Trinajstić information content (AvgIpc) is 3.00. The van der Waals surface area contributed by atoms with Crippen LogP contribution in [0.5, 0.6) is 0 Å². The van der Waals surface area contributed by atoms with Gasteiger partial charge in [-0.2, -0.15) is 5.10 Å². The first-order chi connectivity index (χ1) is 8.24. The van der Waals surface area contributed by atoms with E-state index in [0.717, 1.165) is 19.6 Å². The van der Waals surface area contributed by atoms with Gasteiger partial charge in [-0.1, -0.05) is 0 Å². The smallest absolute Gasteiger partial charge is 0.271 e. The van der Waals surface area contributed by atoms with Crippen LogP contribution in [0.2, 0.25) is 0 Å². The largest absolute Gasteiger partial charge is 0.350 e. The lowest BCUT2D eigenvalue weighted by molar-refractivity contribution is 0.0936. The highest BCUT2D eigenvalue weighted by Crippen LogP contribution is 2.39. The van der Waals surface area contributed by atoms with Crippen LogP contribution in [0.25, 0.3) is 0 Å². The van der Waals surface area contributed by atoms with Crippen LogP contribution >= 0.6 is 0 Å². The summed E-state index contributed by atoms with van der Waals surface area (Å²) in [5.74, 6) is 1.18. The van der Waals surface area contributed by atoms with E-state index in [2.05, 4.69) is 15.7 Å². The summed E-state index contributed by atoms with van der Waals surface area (Å²) >= 11 is 0. The molecule has 5 heteroatoms. The van der Waals surface area contributed by atoms with Crippen LogP contribution in [0.4, 0.5) is 0 Å². The molecule has 1 aliphatic carbocycles. The van der Waals surface area contributed by atoms with E-state index in [1.165, 1.54) is 18.5 Å². The molecule has 1 saturated carbocycles. The molecule has 1 aliphatic heterocycles. The summed E-state index contributed by atoms with van der Waals surface area (Å²) in [6, 6.07) is 1.94. The lowest BCUT2D eigenvalue weighted by atomic mass is 10.0. The van der Waals surface area contributed by atoms with Crippen molar-refractivity contribution < 1.29 is 4.79 Å². The minimum atomic E-state index is -0.0422. The van der Waals surface area contributed by atoms with Gasteiger partial charge in [0.15, 0.2) is 0 Å². The van der Waals surface area contributed by atoms with Gasteiger partial charge in [-0.25, -0.2) is 0 Å². The predicted molar refractivity (Wildman–Crippen MR) is 63.9 cm³/mol. The van der Waals surface area contributed by atoms with Gasteiger partial charge in [-0.3, -0.25) is 9.48 Å². The van der Waals surface area contributed by atoms with E-state index in [1.807, 2.05) is 17.8 Å². The topological polar surface area (TPSA) is 59.0 Å². The van der Waals surface area contributed by atoms with E-state index < -0.39 is 0 Å². The zero-order valence-corrected chi connectivity index (χ0v) is 10.1. The minimum Gasteiger partial charge on any atom is -0.350 e. The number of nitrogens with one attached hydrogen (secondary N) is 2. The molecule has 1 saturated heterocycles. The molecular weight excluding hydrogens is 216 g/mol. The Morgan fingerprint density at radius 3 is 2.94 bits per heavy atom. The number of amides is 1. The third kappa shape index (κ3) is 2.20. The number of nitrogens with zero attached hydrogens (tertiary/aromatic N) is 2. The van der Waals surface area contributed by atoms with Crippen LogP contribution in [0.15, 0.2) is 6.07 Å². The molecule has 0 atom stereocenters. The molecular formula is C12H18N4O. The Labute approximate surface area is 101 Å². The van der Waals surface area contributed by atoms with Gasteiger partial charge in [0, 0.05) is 44.2 Å². The van der Waals surface area contributed by atoms with E-state index in [-0.39, 0.29) is 5.91 Å². The van der Waals surface area contributed by atoms with Gasteiger partial charge in [0.25, 0.3) is 5.91 Å². The van der Waals surface area contributed by atoms with Crippen molar-refractivity contribution >= 4 is 5.91 Å². The fourth-order valence-electron chi connectivity index (χ4n) is 2.17. The van der Waals surface area contributed by atoms with Crippen molar-refractivity contribution in [2.45, 2.75) is 18.8 Å². The minimum absolute atomic E-state index is 0.0422. The van der Waals surface area contributed by atoms with E-state index in [1.54, 1.807) is 0 Å². The first kappa shape index (κ1) is 10.8. The monoisotopic (exact) mass is 234 g/mol. The van der Waals surface area contributed by atoms with Crippen LogP contribution < -0.4 is 10.6 Å². The van der Waals surface area contributed by atoms with Crippen LogP contribution in [0, 0.1) is 5.92 Å². The predicted octanol–water partition coefficient (Wildman–Crippen LogP) is 0.247. The molecule has 2 heterocycles. The lowest BCUT2D eigenvalue weighted by Gasteiger charge is -2.26. The van der Waals surface area contributed by atoms with Gasteiger partial charge in [-0.05, 0) is 18.9 Å². The van der Waals surface area contributed by atoms with E-state index >= 15 is 0 Å². The van der Waals surface area contributed by atoms with Gasteiger partial charge >= 0.3 is 0 Å². The SMILES string of the molecule is Cn1nc(C(=O)NCC2CNC2)cc1C1CC1. The molecule has 2 N–H and O–H groups in total. The molecule has 1 aromatic rings. The summed E-state index contributed by atoms with van der Waals surface area (Å²) in [6.45, 7) is 2.77. The molecule has 5 nitrogen and oxygen atoms in total. The highest BCUT2D eigenvalue weighted by molar-refractivity contribution is 5.92. The molecule has 1 amide bonds. The molecule has 0 aromatic carbocycles. The normalized spacial score (nSPS) is 20.1. The summed E-state index contributed by atoms with van der Waals surface area (Å²) < 4.78 is 1.84. The Balaban J connectivity index is 1.61. The zero-order chi connectivity index (χ0) is 11.8. The summed E-state index contributed by atoms with van der Waals surface area (Å²) in [4.78, 5) is 11.9. The molecule has 2 aliphatic rings. The fraction of sp³-hybridized carbons (Fsp3) is 0.667. The number of hydrogen-bond acceptors (Lipinski definition) is 3. The van der Waals surface area contributed by atoms with E-state index in [4.69, 9.17) is 0 Å². The van der Waals surface area contributed by atoms with Gasteiger partial charge in [-0.15, -0.1) is 0 Å². The summed E-state index contributed by atoms with van der Waals surface area (Å²) in [7, 11) is 1.92. The summed E-state index contributed by atoms with van der Waals surface area (Å²) in [6.07, 6.45) is 2.46. The van der Waals surface area contributed by atoms with Crippen molar-refractivity contribution in [1.29, 1.82) is 0 Å². The quantitative estimate of drug-likeness (QED) is 0.785. The third-order valence-corrected chi connectivity index (χ3v) is 3.56. The van der Waals surface area contributed by atoms with Crippen molar-refractivity contribution in [3.63, 3.8) is 0 Å². The lowest BCUT2D eigenvalue weighted by Crippen LogP contribution is -2.48. The average molecular weight is 234 g/mol. The van der Waals surface area contributed by atoms with Gasteiger partial charge in [0.1, 0.15) is 5.69 Å². The molecule has 17 heavy (non-hydrogen) atoms. The molecule has 1 aromatic heterocycles. The Bertz CT molecular complexity index is 432. The maximum absolute atomic E-state index is 11.9. The van der Waals surface area contributed by atoms with Crippen LogP contribution in [-0.4, -0.2) is 35.3 Å². The molecule has 0 radical (unpaired) electrons. The Kier molecular flexibility index (Phi) is 2.63. The first-order valence-electron chi connectivity index (χ1n) is 6.27. The number of aromatic nitrogens is 2. The van der Waals surface area contributed by atoms with E-state index in [9.17, 15) is 4.79 Å². The number of aryl methyl sites for hydroxylation is 1. The molecule has 0 spiro atoms. The van der Waals surface area contributed by atoms with Crippen molar-refractivity contribution in [2.75, 3.05) is 19.6 Å². The summed E-state index contributed by atoms with van der Waals surface area (Å²) in [5.41, 5.74) is 1.75. The third-order valence-electron chi connectivity index (χ3n) is 3.56. The van der Waals surface area contributed by atoms with Gasteiger partial charge in [0.05, 0.1) is 0 Å². The fourth-order valence-corrected chi connectivity index (χ4v) is 2.17. The first-order valence-corrected chi connectivity index (χ1v) is 6.27. The van der Waals surface area contributed by atoms with Gasteiger partial charge < -0.3 is 10.6 Å². The Morgan fingerprint density at radius 2 is 2.35 bits per heavy atom. The van der Waals surface area contributed by atoms with Crippen LogP contribution in [-0.2, 0) is 7.05 Å². The number of hydrogen-bond donors (Lipinski definition) is 2. The molecule has 3 rings (SSSR count). The maximum Gasteiger partial charge on any atom is 0.271 e. The van der Waals surface area contributed by atoms with Crippen molar-refractivity contribution in [2.24, 2.45) is 13.0 Å².